The van der Waals surface area contributed by atoms with Crippen LogP contribution in [-0.2, 0) is 16.0 Å². The highest BCUT2D eigenvalue weighted by Crippen LogP contribution is 2.38. The third-order valence-corrected chi connectivity index (χ3v) is 6.25. The molecule has 2 heterocycles. The highest BCUT2D eigenvalue weighted by molar-refractivity contribution is 7.13. The fourth-order valence-corrected chi connectivity index (χ4v) is 4.54. The monoisotopic (exact) mass is 465 g/mol. The molecule has 0 saturated heterocycles. The van der Waals surface area contributed by atoms with Crippen LogP contribution in [0.2, 0.25) is 0 Å². The van der Waals surface area contributed by atoms with Crippen molar-refractivity contribution < 1.29 is 19.0 Å². The molecule has 174 valence electrons. The van der Waals surface area contributed by atoms with Crippen molar-refractivity contribution >= 4 is 17.3 Å². The van der Waals surface area contributed by atoms with Crippen molar-refractivity contribution in [3.05, 3.63) is 59.5 Å². The van der Waals surface area contributed by atoms with E-state index in [4.69, 9.17) is 14.2 Å². The minimum atomic E-state index is -0.475. The van der Waals surface area contributed by atoms with Crippen molar-refractivity contribution in [2.45, 2.75) is 32.8 Å². The molecule has 0 atom stereocenters. The summed E-state index contributed by atoms with van der Waals surface area (Å²) in [5.41, 5.74) is 4.13. The zero-order valence-corrected chi connectivity index (χ0v) is 20.5. The van der Waals surface area contributed by atoms with Gasteiger partial charge in [0.1, 0.15) is 23.7 Å². The molecule has 0 unspecified atom stereocenters. The van der Waals surface area contributed by atoms with Gasteiger partial charge in [0.15, 0.2) is 0 Å². The highest BCUT2D eigenvalue weighted by Gasteiger charge is 2.18. The average molecular weight is 466 g/mol. The van der Waals surface area contributed by atoms with E-state index in [9.17, 15) is 4.79 Å². The molecule has 0 radical (unpaired) electrons. The number of nitrogens with zero attached hydrogens (tertiary/aromatic N) is 1. The van der Waals surface area contributed by atoms with E-state index in [0.717, 1.165) is 46.1 Å². The molecule has 3 aromatic rings. The Morgan fingerprint density at radius 3 is 2.67 bits per heavy atom. The molecule has 0 aliphatic carbocycles. The van der Waals surface area contributed by atoms with Crippen molar-refractivity contribution in [3.8, 4) is 33.1 Å². The lowest BCUT2D eigenvalue weighted by atomic mass is 10.00. The third-order valence-electron chi connectivity index (χ3n) is 5.35. The number of likely N-dealkylation sites (N-methyl/N-ethyl adjacent to an activating group) is 1. The average Bonchev–Trinajstić information content (AvgIpc) is 3.44. The van der Waals surface area contributed by atoms with Crippen molar-refractivity contribution in [3.63, 3.8) is 0 Å². The largest absolute Gasteiger partial charge is 0.493 e. The SMILES string of the molecule is CN(CCOc1ccc(-c2ccc3c(c2)OCC3)cc1-c1cccs1)CC(=O)OC(C)(C)C. The van der Waals surface area contributed by atoms with Crippen LogP contribution in [0, 0.1) is 0 Å². The van der Waals surface area contributed by atoms with E-state index in [0.29, 0.717) is 13.2 Å². The van der Waals surface area contributed by atoms with Crippen molar-refractivity contribution in [1.82, 2.24) is 4.90 Å². The maximum absolute atomic E-state index is 12.0. The summed E-state index contributed by atoms with van der Waals surface area (Å²) in [6.07, 6.45) is 0.977. The van der Waals surface area contributed by atoms with Crippen LogP contribution in [0.25, 0.3) is 21.6 Å². The van der Waals surface area contributed by atoms with E-state index in [-0.39, 0.29) is 12.5 Å². The van der Waals surface area contributed by atoms with Gasteiger partial charge in [0.25, 0.3) is 0 Å². The van der Waals surface area contributed by atoms with Crippen LogP contribution >= 0.6 is 11.3 Å². The summed E-state index contributed by atoms with van der Waals surface area (Å²) in [4.78, 5) is 15.1. The van der Waals surface area contributed by atoms with E-state index >= 15 is 0 Å². The van der Waals surface area contributed by atoms with Crippen LogP contribution in [0.1, 0.15) is 26.3 Å². The maximum atomic E-state index is 12.0. The van der Waals surface area contributed by atoms with Gasteiger partial charge < -0.3 is 14.2 Å². The van der Waals surface area contributed by atoms with Gasteiger partial charge in [-0.15, -0.1) is 11.3 Å². The number of hydrogen-bond donors (Lipinski definition) is 0. The summed E-state index contributed by atoms with van der Waals surface area (Å²) in [7, 11) is 1.90. The number of fused-ring (bicyclic) bond motifs is 1. The Bertz CT molecular complexity index is 1100. The van der Waals surface area contributed by atoms with Crippen LogP contribution in [0.5, 0.6) is 11.5 Å². The Hall–Kier alpha value is -2.83. The van der Waals surface area contributed by atoms with Gasteiger partial charge >= 0.3 is 5.97 Å². The lowest BCUT2D eigenvalue weighted by Gasteiger charge is -2.22. The summed E-state index contributed by atoms with van der Waals surface area (Å²) in [5.74, 6) is 1.59. The number of carbonyl (C=O) groups excluding carboxylic acids is 1. The standard InChI is InChI=1S/C27H31NO4S/c1-27(2,3)32-26(29)18-28(4)12-14-31-23-10-9-20(16-22(23)25-6-5-15-33-25)21-8-7-19-11-13-30-24(19)17-21/h5-10,15-17H,11-14,18H2,1-4H3. The van der Waals surface area contributed by atoms with Gasteiger partial charge in [0.05, 0.1) is 13.2 Å². The van der Waals surface area contributed by atoms with E-state index < -0.39 is 5.60 Å². The zero-order valence-electron chi connectivity index (χ0n) is 19.7. The second kappa shape index (κ2) is 9.98. The summed E-state index contributed by atoms with van der Waals surface area (Å²) in [5, 5.41) is 2.07. The van der Waals surface area contributed by atoms with Crippen LogP contribution in [0.3, 0.4) is 0 Å². The molecule has 0 N–H and O–H groups in total. The summed E-state index contributed by atoms with van der Waals surface area (Å²) >= 11 is 1.69. The number of hydrogen-bond acceptors (Lipinski definition) is 6. The van der Waals surface area contributed by atoms with Gasteiger partial charge in [0.2, 0.25) is 0 Å². The van der Waals surface area contributed by atoms with Gasteiger partial charge in [-0.1, -0.05) is 24.3 Å². The highest BCUT2D eigenvalue weighted by atomic mass is 32.1. The van der Waals surface area contributed by atoms with Gasteiger partial charge in [-0.25, -0.2) is 0 Å². The van der Waals surface area contributed by atoms with Gasteiger partial charge in [-0.2, -0.15) is 0 Å². The Morgan fingerprint density at radius 1 is 1.12 bits per heavy atom. The first-order chi connectivity index (χ1) is 15.8. The van der Waals surface area contributed by atoms with E-state index in [1.54, 1.807) is 11.3 Å². The summed E-state index contributed by atoms with van der Waals surface area (Å²) in [6.45, 7) is 7.71. The molecule has 1 aromatic heterocycles. The maximum Gasteiger partial charge on any atom is 0.320 e. The fourth-order valence-electron chi connectivity index (χ4n) is 3.79. The second-order valence-corrected chi connectivity index (χ2v) is 10.2. The number of ether oxygens (including phenoxy) is 3. The predicted octanol–water partition coefficient (Wildman–Crippen LogP) is 5.67. The number of esters is 1. The summed E-state index contributed by atoms with van der Waals surface area (Å²) in [6, 6.07) is 16.9. The van der Waals surface area contributed by atoms with Gasteiger partial charge in [-0.05, 0) is 74.2 Å². The quantitative estimate of drug-likeness (QED) is 0.401. The van der Waals surface area contributed by atoms with E-state index in [1.165, 1.54) is 5.56 Å². The van der Waals surface area contributed by atoms with Crippen LogP contribution in [0.4, 0.5) is 0 Å². The second-order valence-electron chi connectivity index (χ2n) is 9.28. The Morgan fingerprint density at radius 2 is 1.91 bits per heavy atom. The molecular formula is C27H31NO4S. The van der Waals surface area contributed by atoms with E-state index in [2.05, 4.69) is 41.8 Å². The Balaban J connectivity index is 1.45. The first-order valence-electron chi connectivity index (χ1n) is 11.3. The van der Waals surface area contributed by atoms with Crippen molar-refractivity contribution in [2.24, 2.45) is 0 Å². The number of benzene rings is 2. The molecular weight excluding hydrogens is 434 g/mol. The van der Waals surface area contributed by atoms with Crippen molar-refractivity contribution in [2.75, 3.05) is 33.4 Å². The Labute approximate surface area is 199 Å². The molecule has 1 aliphatic heterocycles. The lowest BCUT2D eigenvalue weighted by molar-refractivity contribution is -0.155. The first-order valence-corrected chi connectivity index (χ1v) is 12.1. The molecule has 6 heteroatoms. The smallest absolute Gasteiger partial charge is 0.320 e. The third kappa shape index (κ3) is 6.15. The summed E-state index contributed by atoms with van der Waals surface area (Å²) < 4.78 is 17.3. The lowest BCUT2D eigenvalue weighted by Crippen LogP contribution is -2.34. The molecule has 4 rings (SSSR count). The molecule has 0 amide bonds. The zero-order chi connectivity index (χ0) is 23.4. The molecule has 0 fully saturated rings. The van der Waals surface area contributed by atoms with Crippen LogP contribution in [-0.4, -0.2) is 49.8 Å². The fraction of sp³-hybridized carbons (Fsp3) is 0.370. The minimum absolute atomic E-state index is 0.230. The molecule has 0 saturated carbocycles. The van der Waals surface area contributed by atoms with Crippen LogP contribution < -0.4 is 9.47 Å². The first kappa shape index (κ1) is 23.3. The molecule has 0 bridgehead atoms. The number of thiophene rings is 1. The minimum Gasteiger partial charge on any atom is -0.493 e. The predicted molar refractivity (Wildman–Crippen MR) is 133 cm³/mol. The van der Waals surface area contributed by atoms with Gasteiger partial charge in [-0.3, -0.25) is 9.69 Å². The molecule has 0 spiro atoms. The topological polar surface area (TPSA) is 48.0 Å². The van der Waals surface area contributed by atoms with Crippen LogP contribution in [0.15, 0.2) is 53.9 Å². The van der Waals surface area contributed by atoms with Crippen molar-refractivity contribution in [1.29, 1.82) is 0 Å². The van der Waals surface area contributed by atoms with E-state index in [1.807, 2.05) is 44.9 Å². The molecule has 33 heavy (non-hydrogen) atoms. The normalized spacial score (nSPS) is 13.0. The number of rotatable bonds is 8. The molecule has 1 aliphatic rings. The number of carbonyl (C=O) groups is 1. The molecule has 5 nitrogen and oxygen atoms in total. The molecule has 2 aromatic carbocycles. The van der Waals surface area contributed by atoms with Gasteiger partial charge in [0, 0.05) is 23.4 Å². The Kier molecular flexibility index (Phi) is 7.05.